The quantitative estimate of drug-likeness (QED) is 0.864. The smallest absolute Gasteiger partial charge is 0.140 e. The van der Waals surface area contributed by atoms with E-state index in [9.17, 15) is 0 Å². The van der Waals surface area contributed by atoms with E-state index in [1.165, 1.54) is 4.88 Å². The van der Waals surface area contributed by atoms with Crippen molar-refractivity contribution in [3.63, 3.8) is 0 Å². The van der Waals surface area contributed by atoms with Gasteiger partial charge >= 0.3 is 0 Å². The maximum Gasteiger partial charge on any atom is 0.140 e. The molecule has 0 aromatic carbocycles. The fraction of sp³-hybridized carbons (Fsp3) is 0.455. The van der Waals surface area contributed by atoms with Crippen molar-refractivity contribution in [3.05, 3.63) is 34.5 Å². The Balaban J connectivity index is 1.96. The first kappa shape index (κ1) is 11.3. The molecular weight excluding hydrogens is 220 g/mol. The van der Waals surface area contributed by atoms with E-state index in [0.717, 1.165) is 18.8 Å². The summed E-state index contributed by atoms with van der Waals surface area (Å²) in [5.74, 6) is 0.968. The molecule has 2 heterocycles. The Kier molecular flexibility index (Phi) is 3.69. The third-order valence-electron chi connectivity index (χ3n) is 2.61. The molecule has 0 fully saturated rings. The predicted molar refractivity (Wildman–Crippen MR) is 65.2 cm³/mol. The van der Waals surface area contributed by atoms with E-state index in [2.05, 4.69) is 39.8 Å². The van der Waals surface area contributed by atoms with E-state index in [1.54, 1.807) is 22.3 Å². The topological polar surface area (TPSA) is 42.7 Å². The Morgan fingerprint density at radius 1 is 1.56 bits per heavy atom. The second-order valence-corrected chi connectivity index (χ2v) is 4.64. The number of nitrogens with one attached hydrogen (secondary N) is 1. The van der Waals surface area contributed by atoms with Gasteiger partial charge in [0, 0.05) is 18.0 Å². The van der Waals surface area contributed by atoms with Crippen molar-refractivity contribution >= 4 is 11.3 Å². The molecular formula is C11H16N4S. The minimum Gasteiger partial charge on any atom is -0.302 e. The van der Waals surface area contributed by atoms with Crippen LogP contribution in [0.15, 0.2) is 23.8 Å². The normalized spacial score (nSPS) is 12.9. The average Bonchev–Trinajstić information content (AvgIpc) is 2.92. The second-order valence-electron chi connectivity index (χ2n) is 3.66. The first-order valence-electron chi connectivity index (χ1n) is 5.41. The molecule has 0 saturated heterocycles. The van der Waals surface area contributed by atoms with E-state index in [-0.39, 0.29) is 0 Å². The third kappa shape index (κ3) is 2.48. The lowest BCUT2D eigenvalue weighted by atomic mass is 10.2. The van der Waals surface area contributed by atoms with Crippen LogP contribution in [0.4, 0.5) is 0 Å². The van der Waals surface area contributed by atoms with E-state index in [1.807, 2.05) is 7.05 Å². The fourth-order valence-electron chi connectivity index (χ4n) is 1.63. The van der Waals surface area contributed by atoms with Gasteiger partial charge in [0.05, 0.1) is 6.54 Å². The first-order valence-corrected chi connectivity index (χ1v) is 6.29. The van der Waals surface area contributed by atoms with Gasteiger partial charge in [-0.05, 0) is 17.9 Å². The van der Waals surface area contributed by atoms with Gasteiger partial charge in [-0.2, -0.15) is 5.10 Å². The minimum atomic E-state index is 0.414. The van der Waals surface area contributed by atoms with Crippen LogP contribution in [0.25, 0.3) is 0 Å². The first-order chi connectivity index (χ1) is 7.81. The maximum atomic E-state index is 4.20. The van der Waals surface area contributed by atoms with Gasteiger partial charge in [0.15, 0.2) is 0 Å². The summed E-state index contributed by atoms with van der Waals surface area (Å²) in [5.41, 5.74) is 0. The molecule has 1 N–H and O–H groups in total. The van der Waals surface area contributed by atoms with Gasteiger partial charge in [-0.1, -0.05) is 13.0 Å². The standard InChI is InChI=1S/C11H16N4S/c1-3-9(10-5-4-6-16-10)12-7-11-13-8-14-15(11)2/h4-6,8-9,12H,3,7H2,1-2H3. The highest BCUT2D eigenvalue weighted by Crippen LogP contribution is 2.21. The Labute approximate surface area is 99.3 Å². The van der Waals surface area contributed by atoms with Crippen LogP contribution in [0.2, 0.25) is 0 Å². The summed E-state index contributed by atoms with van der Waals surface area (Å²) in [5, 5.41) is 9.67. The van der Waals surface area contributed by atoms with Gasteiger partial charge in [-0.25, -0.2) is 4.98 Å². The summed E-state index contributed by atoms with van der Waals surface area (Å²) in [6.45, 7) is 2.95. The number of aryl methyl sites for hydroxylation is 1. The highest BCUT2D eigenvalue weighted by Gasteiger charge is 2.10. The fourth-order valence-corrected chi connectivity index (χ4v) is 2.52. The molecule has 86 valence electrons. The largest absolute Gasteiger partial charge is 0.302 e. The van der Waals surface area contributed by atoms with Crippen LogP contribution in [0.3, 0.4) is 0 Å². The van der Waals surface area contributed by atoms with Gasteiger partial charge in [0.2, 0.25) is 0 Å². The molecule has 0 aliphatic heterocycles. The van der Waals surface area contributed by atoms with Crippen LogP contribution in [0, 0.1) is 0 Å². The van der Waals surface area contributed by atoms with Crippen LogP contribution in [-0.2, 0) is 13.6 Å². The summed E-state index contributed by atoms with van der Waals surface area (Å²) in [4.78, 5) is 5.58. The van der Waals surface area contributed by atoms with E-state index in [0.29, 0.717) is 6.04 Å². The number of hydrogen-bond donors (Lipinski definition) is 1. The van der Waals surface area contributed by atoms with Crippen molar-refractivity contribution in [2.24, 2.45) is 7.05 Å². The number of nitrogens with zero attached hydrogens (tertiary/aromatic N) is 3. The lowest BCUT2D eigenvalue weighted by molar-refractivity contribution is 0.503. The van der Waals surface area contributed by atoms with Crippen molar-refractivity contribution in [1.82, 2.24) is 20.1 Å². The molecule has 1 atom stereocenters. The van der Waals surface area contributed by atoms with Crippen molar-refractivity contribution in [3.8, 4) is 0 Å². The summed E-state index contributed by atoms with van der Waals surface area (Å²) in [6, 6.07) is 4.67. The SMILES string of the molecule is CCC(NCc1ncnn1C)c1cccs1. The highest BCUT2D eigenvalue weighted by molar-refractivity contribution is 7.10. The molecule has 0 spiro atoms. The van der Waals surface area contributed by atoms with Crippen LogP contribution in [0.5, 0.6) is 0 Å². The van der Waals surface area contributed by atoms with Gasteiger partial charge < -0.3 is 5.32 Å². The monoisotopic (exact) mass is 236 g/mol. The predicted octanol–water partition coefficient (Wildman–Crippen LogP) is 2.12. The number of aromatic nitrogens is 3. The van der Waals surface area contributed by atoms with Gasteiger partial charge in [0.25, 0.3) is 0 Å². The molecule has 2 rings (SSSR count). The summed E-state index contributed by atoms with van der Waals surface area (Å²) in [7, 11) is 1.91. The number of thiophene rings is 1. The number of rotatable bonds is 5. The molecule has 0 aliphatic rings. The van der Waals surface area contributed by atoms with Gasteiger partial charge in [-0.15, -0.1) is 11.3 Å². The van der Waals surface area contributed by atoms with Crippen molar-refractivity contribution in [2.75, 3.05) is 0 Å². The van der Waals surface area contributed by atoms with Gasteiger partial charge in [-0.3, -0.25) is 4.68 Å². The molecule has 5 heteroatoms. The van der Waals surface area contributed by atoms with Gasteiger partial charge in [0.1, 0.15) is 12.2 Å². The molecule has 2 aromatic rings. The van der Waals surface area contributed by atoms with Crippen molar-refractivity contribution in [2.45, 2.75) is 25.9 Å². The zero-order valence-corrected chi connectivity index (χ0v) is 10.4. The Morgan fingerprint density at radius 3 is 3.00 bits per heavy atom. The van der Waals surface area contributed by atoms with Crippen LogP contribution >= 0.6 is 11.3 Å². The van der Waals surface area contributed by atoms with E-state index < -0.39 is 0 Å². The summed E-state index contributed by atoms with van der Waals surface area (Å²) >= 11 is 1.79. The molecule has 0 amide bonds. The zero-order valence-electron chi connectivity index (χ0n) is 9.55. The van der Waals surface area contributed by atoms with Crippen LogP contribution in [-0.4, -0.2) is 14.8 Å². The molecule has 16 heavy (non-hydrogen) atoms. The van der Waals surface area contributed by atoms with Crippen LogP contribution < -0.4 is 5.32 Å². The highest BCUT2D eigenvalue weighted by atomic mass is 32.1. The Morgan fingerprint density at radius 2 is 2.44 bits per heavy atom. The lowest BCUT2D eigenvalue weighted by Gasteiger charge is -2.14. The maximum absolute atomic E-state index is 4.20. The lowest BCUT2D eigenvalue weighted by Crippen LogP contribution is -2.21. The zero-order chi connectivity index (χ0) is 11.4. The number of hydrogen-bond acceptors (Lipinski definition) is 4. The minimum absolute atomic E-state index is 0.414. The average molecular weight is 236 g/mol. The molecule has 2 aromatic heterocycles. The molecule has 0 aliphatic carbocycles. The molecule has 1 unspecified atom stereocenters. The molecule has 4 nitrogen and oxygen atoms in total. The van der Waals surface area contributed by atoms with E-state index in [4.69, 9.17) is 0 Å². The summed E-state index contributed by atoms with van der Waals surface area (Å²) in [6.07, 6.45) is 2.67. The Bertz CT molecular complexity index is 421. The molecule has 0 bridgehead atoms. The van der Waals surface area contributed by atoms with E-state index >= 15 is 0 Å². The van der Waals surface area contributed by atoms with Crippen molar-refractivity contribution < 1.29 is 0 Å². The van der Waals surface area contributed by atoms with Crippen molar-refractivity contribution in [1.29, 1.82) is 0 Å². The van der Waals surface area contributed by atoms with Crippen LogP contribution in [0.1, 0.15) is 30.1 Å². The second kappa shape index (κ2) is 5.23. The Hall–Kier alpha value is -1.20. The molecule has 0 radical (unpaired) electrons. The third-order valence-corrected chi connectivity index (χ3v) is 3.59. The summed E-state index contributed by atoms with van der Waals surface area (Å²) < 4.78 is 1.80. The molecule has 0 saturated carbocycles.